The number of hydrogen-bond acceptors (Lipinski definition) is 3. The molecule has 3 heteroatoms. The minimum absolute atomic E-state index is 0.191. The molecule has 0 unspecified atom stereocenters. The molecule has 0 bridgehead atoms. The van der Waals surface area contributed by atoms with E-state index in [9.17, 15) is 4.79 Å². The third kappa shape index (κ3) is 4.46. The van der Waals surface area contributed by atoms with Crippen molar-refractivity contribution in [1.29, 1.82) is 0 Å². The van der Waals surface area contributed by atoms with Crippen LogP contribution in [0.2, 0.25) is 0 Å². The number of methoxy groups -OCH3 is 1. The smallest absolute Gasteiger partial charge is 0.305 e. The fourth-order valence-electron chi connectivity index (χ4n) is 3.48. The number of rotatable bonds is 6. The Morgan fingerprint density at radius 3 is 2.38 bits per heavy atom. The standard InChI is InChI=1S/C26H23NO2/c1-29-26(28)16-12-19-11-15-25(27-23-9-3-2-4-10-23)24(17-19)22-14-13-20-7-5-6-8-21(20)18-22/h2-11,13-15,17-18,27H,12,16H2,1H3. The Hall–Kier alpha value is -3.59. The summed E-state index contributed by atoms with van der Waals surface area (Å²) in [6.07, 6.45) is 1.03. The Balaban J connectivity index is 1.74. The number of nitrogens with one attached hydrogen (secondary N) is 1. The lowest BCUT2D eigenvalue weighted by molar-refractivity contribution is -0.140. The maximum absolute atomic E-state index is 11.6. The highest BCUT2D eigenvalue weighted by molar-refractivity contribution is 5.90. The van der Waals surface area contributed by atoms with Gasteiger partial charge < -0.3 is 10.1 Å². The molecule has 0 saturated heterocycles. The summed E-state index contributed by atoms with van der Waals surface area (Å²) in [5.74, 6) is -0.191. The summed E-state index contributed by atoms with van der Waals surface area (Å²) in [6, 6.07) is 31.3. The van der Waals surface area contributed by atoms with Crippen LogP contribution < -0.4 is 5.32 Å². The number of esters is 1. The largest absolute Gasteiger partial charge is 0.469 e. The van der Waals surface area contributed by atoms with Crippen molar-refractivity contribution in [1.82, 2.24) is 0 Å². The Morgan fingerprint density at radius 1 is 0.828 bits per heavy atom. The number of hydrogen-bond donors (Lipinski definition) is 1. The first kappa shape index (κ1) is 18.8. The molecule has 0 heterocycles. The molecule has 4 aromatic rings. The predicted octanol–water partition coefficient (Wildman–Crippen LogP) is 6.36. The summed E-state index contributed by atoms with van der Waals surface area (Å²) in [7, 11) is 1.43. The number of carbonyl (C=O) groups is 1. The van der Waals surface area contributed by atoms with E-state index in [1.54, 1.807) is 0 Å². The van der Waals surface area contributed by atoms with Crippen LogP contribution in [0, 0.1) is 0 Å². The number of aryl methyl sites for hydroxylation is 1. The molecule has 0 aromatic heterocycles. The second-order valence-electron chi connectivity index (χ2n) is 7.01. The summed E-state index contributed by atoms with van der Waals surface area (Å²) in [5.41, 5.74) is 5.44. The van der Waals surface area contributed by atoms with Crippen molar-refractivity contribution >= 4 is 28.1 Å². The average molecular weight is 381 g/mol. The summed E-state index contributed by atoms with van der Waals surface area (Å²) in [6.45, 7) is 0. The molecular weight excluding hydrogens is 358 g/mol. The molecule has 144 valence electrons. The van der Waals surface area contributed by atoms with E-state index in [-0.39, 0.29) is 5.97 Å². The molecule has 0 amide bonds. The maximum Gasteiger partial charge on any atom is 0.305 e. The van der Waals surface area contributed by atoms with Gasteiger partial charge in [0.15, 0.2) is 0 Å². The zero-order valence-corrected chi connectivity index (χ0v) is 16.4. The summed E-state index contributed by atoms with van der Waals surface area (Å²) >= 11 is 0. The van der Waals surface area contributed by atoms with E-state index in [0.717, 1.165) is 28.1 Å². The molecule has 29 heavy (non-hydrogen) atoms. The Bertz CT molecular complexity index is 1140. The van der Waals surface area contributed by atoms with E-state index >= 15 is 0 Å². The van der Waals surface area contributed by atoms with Crippen LogP contribution in [0.5, 0.6) is 0 Å². The van der Waals surface area contributed by atoms with Crippen molar-refractivity contribution in [2.75, 3.05) is 12.4 Å². The molecule has 0 spiro atoms. The van der Waals surface area contributed by atoms with Crippen LogP contribution in [0.25, 0.3) is 21.9 Å². The van der Waals surface area contributed by atoms with Crippen LogP contribution in [0.15, 0.2) is 91.0 Å². The van der Waals surface area contributed by atoms with Crippen molar-refractivity contribution in [3.63, 3.8) is 0 Å². The lowest BCUT2D eigenvalue weighted by Gasteiger charge is -2.15. The van der Waals surface area contributed by atoms with Gasteiger partial charge in [-0.1, -0.05) is 60.7 Å². The third-order valence-electron chi connectivity index (χ3n) is 5.04. The highest BCUT2D eigenvalue weighted by Crippen LogP contribution is 2.33. The minimum atomic E-state index is -0.191. The summed E-state index contributed by atoms with van der Waals surface area (Å²) < 4.78 is 4.79. The second kappa shape index (κ2) is 8.61. The molecule has 0 fully saturated rings. The van der Waals surface area contributed by atoms with Gasteiger partial charge >= 0.3 is 5.97 Å². The van der Waals surface area contributed by atoms with E-state index in [2.05, 4.69) is 78.1 Å². The fourth-order valence-corrected chi connectivity index (χ4v) is 3.48. The Morgan fingerprint density at radius 2 is 1.59 bits per heavy atom. The molecule has 0 aliphatic heterocycles. The van der Waals surface area contributed by atoms with E-state index in [0.29, 0.717) is 12.8 Å². The average Bonchev–Trinajstić information content (AvgIpc) is 2.78. The van der Waals surface area contributed by atoms with Crippen molar-refractivity contribution in [2.24, 2.45) is 0 Å². The Kier molecular flexibility index (Phi) is 5.57. The van der Waals surface area contributed by atoms with Crippen LogP contribution in [0.1, 0.15) is 12.0 Å². The number of ether oxygens (including phenoxy) is 1. The molecular formula is C26H23NO2. The lowest BCUT2D eigenvalue weighted by atomic mass is 9.96. The van der Waals surface area contributed by atoms with Crippen molar-refractivity contribution < 1.29 is 9.53 Å². The van der Waals surface area contributed by atoms with E-state index in [1.807, 2.05) is 18.2 Å². The van der Waals surface area contributed by atoms with Crippen molar-refractivity contribution in [3.8, 4) is 11.1 Å². The molecule has 4 aromatic carbocycles. The predicted molar refractivity (Wildman–Crippen MR) is 119 cm³/mol. The van der Waals surface area contributed by atoms with Crippen LogP contribution in [-0.2, 0) is 16.0 Å². The lowest BCUT2D eigenvalue weighted by Crippen LogP contribution is -2.02. The monoisotopic (exact) mass is 381 g/mol. The van der Waals surface area contributed by atoms with Gasteiger partial charge in [0, 0.05) is 23.4 Å². The summed E-state index contributed by atoms with van der Waals surface area (Å²) in [4.78, 5) is 11.6. The van der Waals surface area contributed by atoms with Gasteiger partial charge in [0.2, 0.25) is 0 Å². The van der Waals surface area contributed by atoms with Crippen LogP contribution in [0.3, 0.4) is 0 Å². The highest BCUT2D eigenvalue weighted by atomic mass is 16.5. The quantitative estimate of drug-likeness (QED) is 0.395. The van der Waals surface area contributed by atoms with Gasteiger partial charge in [-0.3, -0.25) is 4.79 Å². The number of carbonyl (C=O) groups excluding carboxylic acids is 1. The highest BCUT2D eigenvalue weighted by Gasteiger charge is 2.10. The van der Waals surface area contributed by atoms with Gasteiger partial charge in [0.25, 0.3) is 0 Å². The molecule has 0 aliphatic rings. The molecule has 4 rings (SSSR count). The third-order valence-corrected chi connectivity index (χ3v) is 5.04. The van der Waals surface area contributed by atoms with Gasteiger partial charge in [-0.05, 0) is 58.7 Å². The second-order valence-corrected chi connectivity index (χ2v) is 7.01. The summed E-state index contributed by atoms with van der Waals surface area (Å²) in [5, 5.41) is 5.95. The van der Waals surface area contributed by atoms with Crippen LogP contribution >= 0.6 is 0 Å². The van der Waals surface area contributed by atoms with Gasteiger partial charge in [-0.25, -0.2) is 0 Å². The molecule has 3 nitrogen and oxygen atoms in total. The van der Waals surface area contributed by atoms with Gasteiger partial charge in [-0.2, -0.15) is 0 Å². The van der Waals surface area contributed by atoms with Crippen molar-refractivity contribution in [2.45, 2.75) is 12.8 Å². The zero-order chi connectivity index (χ0) is 20.1. The van der Waals surface area contributed by atoms with Crippen LogP contribution in [-0.4, -0.2) is 13.1 Å². The molecule has 0 saturated carbocycles. The SMILES string of the molecule is COC(=O)CCc1ccc(Nc2ccccc2)c(-c2ccc3ccccc3c2)c1. The first-order chi connectivity index (χ1) is 14.2. The van der Waals surface area contributed by atoms with Gasteiger partial charge in [0.1, 0.15) is 0 Å². The van der Waals surface area contributed by atoms with E-state index in [4.69, 9.17) is 4.74 Å². The van der Waals surface area contributed by atoms with E-state index in [1.165, 1.54) is 17.9 Å². The van der Waals surface area contributed by atoms with E-state index < -0.39 is 0 Å². The normalized spacial score (nSPS) is 10.7. The zero-order valence-electron chi connectivity index (χ0n) is 16.4. The maximum atomic E-state index is 11.6. The number of para-hydroxylation sites is 1. The number of anilines is 2. The molecule has 0 atom stereocenters. The van der Waals surface area contributed by atoms with Gasteiger partial charge in [0.05, 0.1) is 7.11 Å². The number of benzene rings is 4. The topological polar surface area (TPSA) is 38.3 Å². The number of fused-ring (bicyclic) bond motifs is 1. The molecule has 0 aliphatic carbocycles. The fraction of sp³-hybridized carbons (Fsp3) is 0.115. The van der Waals surface area contributed by atoms with Crippen LogP contribution in [0.4, 0.5) is 11.4 Å². The van der Waals surface area contributed by atoms with Gasteiger partial charge in [-0.15, -0.1) is 0 Å². The Labute approximate surface area is 171 Å². The first-order valence-electron chi connectivity index (χ1n) is 9.74. The molecule has 0 radical (unpaired) electrons. The molecule has 1 N–H and O–H groups in total. The van der Waals surface area contributed by atoms with Crippen molar-refractivity contribution in [3.05, 3.63) is 96.6 Å². The first-order valence-corrected chi connectivity index (χ1v) is 9.74. The minimum Gasteiger partial charge on any atom is -0.469 e.